The summed E-state index contributed by atoms with van der Waals surface area (Å²) in [4.78, 5) is 42.0. The lowest BCUT2D eigenvalue weighted by atomic mass is 10.1. The van der Waals surface area contributed by atoms with Gasteiger partial charge in [0.25, 0.3) is 0 Å². The third-order valence-corrected chi connectivity index (χ3v) is 7.58. The Hall–Kier alpha value is -3.58. The van der Waals surface area contributed by atoms with Crippen molar-refractivity contribution in [2.75, 3.05) is 31.0 Å². The second-order valence-electron chi connectivity index (χ2n) is 11.8. The van der Waals surface area contributed by atoms with Gasteiger partial charge < -0.3 is 28.8 Å². The molecule has 3 amide bonds. The van der Waals surface area contributed by atoms with Gasteiger partial charge in [-0.3, -0.25) is 10.6 Å². The molecule has 2 bridgehead atoms. The molecule has 0 radical (unpaired) electrons. The molecule has 12 nitrogen and oxygen atoms in total. The Bertz CT molecular complexity index is 1200. The maximum Gasteiger partial charge on any atom is 0.411 e. The third kappa shape index (κ3) is 9.56. The van der Waals surface area contributed by atoms with Crippen LogP contribution in [-0.2, 0) is 25.7 Å². The zero-order chi connectivity index (χ0) is 29.5. The number of carbonyl (C=O) groups excluding carboxylic acids is 3. The first-order valence-corrected chi connectivity index (χ1v) is 17.0. The van der Waals surface area contributed by atoms with Crippen LogP contribution in [0.3, 0.4) is 0 Å². The van der Waals surface area contributed by atoms with Crippen molar-refractivity contribution in [3.05, 3.63) is 30.2 Å². The van der Waals surface area contributed by atoms with E-state index in [0.717, 1.165) is 6.04 Å². The lowest BCUT2D eigenvalue weighted by Crippen LogP contribution is -2.36. The molecule has 1 aliphatic rings. The summed E-state index contributed by atoms with van der Waals surface area (Å²) in [5.74, 6) is 0.587. The smallest absolute Gasteiger partial charge is 0.411 e. The van der Waals surface area contributed by atoms with E-state index in [1.54, 1.807) is 39.0 Å². The molecule has 1 aromatic carbocycles. The number of hydrogen-bond acceptors (Lipinski definition) is 8. The normalized spacial score (nSPS) is 15.9. The molecule has 3 N–H and O–H groups in total. The fraction of sp³-hybridized carbons (Fsp3) is 0.556. The molecule has 1 aromatic heterocycles. The highest BCUT2D eigenvalue weighted by molar-refractivity contribution is 6.76. The molecule has 2 heterocycles. The molecule has 0 saturated heterocycles. The van der Waals surface area contributed by atoms with Gasteiger partial charge in [-0.15, -0.1) is 0 Å². The number of alkyl carbamates (subject to hydrolysis) is 1. The first-order valence-electron chi connectivity index (χ1n) is 13.3. The number of amides is 3. The Labute approximate surface area is 236 Å². The van der Waals surface area contributed by atoms with Gasteiger partial charge in [0.1, 0.15) is 18.2 Å². The molecule has 0 saturated carbocycles. The van der Waals surface area contributed by atoms with Crippen LogP contribution in [0.4, 0.5) is 25.8 Å². The highest BCUT2D eigenvalue weighted by Crippen LogP contribution is 2.33. The fourth-order valence-electron chi connectivity index (χ4n) is 3.91. The Kier molecular flexibility index (Phi) is 10.2. The molecule has 0 unspecified atom stereocenters. The number of methoxy groups -OCH3 is 1. The van der Waals surface area contributed by atoms with Gasteiger partial charge in [0.15, 0.2) is 0 Å². The quantitative estimate of drug-likeness (QED) is 0.209. The van der Waals surface area contributed by atoms with E-state index in [2.05, 4.69) is 40.3 Å². The van der Waals surface area contributed by atoms with E-state index in [-0.39, 0.29) is 13.3 Å². The first-order chi connectivity index (χ1) is 18.7. The number of hydrogen-bond donors (Lipinski definition) is 3. The summed E-state index contributed by atoms with van der Waals surface area (Å²) in [6, 6.07) is 5.48. The first kappa shape index (κ1) is 31.0. The lowest BCUT2D eigenvalue weighted by Gasteiger charge is -2.24. The minimum atomic E-state index is -1.29. The number of cyclic esters (lactones) is 1. The maximum absolute atomic E-state index is 12.8. The molecule has 0 aliphatic carbocycles. The maximum atomic E-state index is 12.8. The molecule has 2 aromatic rings. The number of nitrogens with zero attached hydrogens (tertiary/aromatic N) is 2. The van der Waals surface area contributed by atoms with Crippen LogP contribution >= 0.6 is 0 Å². The van der Waals surface area contributed by atoms with E-state index in [0.29, 0.717) is 47.9 Å². The fourth-order valence-corrected chi connectivity index (χ4v) is 4.67. The van der Waals surface area contributed by atoms with Crippen molar-refractivity contribution in [1.82, 2.24) is 14.9 Å². The number of nitrogens with one attached hydrogen (secondary N) is 3. The van der Waals surface area contributed by atoms with Crippen LogP contribution in [0, 0.1) is 0 Å². The predicted octanol–water partition coefficient (Wildman–Crippen LogP) is 5.95. The van der Waals surface area contributed by atoms with Crippen molar-refractivity contribution >= 4 is 37.7 Å². The minimum absolute atomic E-state index is 0.119. The number of aromatic nitrogens is 2. The van der Waals surface area contributed by atoms with Crippen molar-refractivity contribution in [3.8, 4) is 11.3 Å². The summed E-state index contributed by atoms with van der Waals surface area (Å²) < 4.78 is 23.5. The average Bonchev–Trinajstić information content (AvgIpc) is 3.25. The van der Waals surface area contributed by atoms with E-state index in [9.17, 15) is 14.4 Å². The van der Waals surface area contributed by atoms with Gasteiger partial charge in [-0.05, 0) is 57.9 Å². The summed E-state index contributed by atoms with van der Waals surface area (Å²) in [6.07, 6.45) is 0.871. The standard InChI is InChI=1S/C27H41N5O7Si/c1-27(2,3)39-26(35)30-20-9-8-12-38-25(34)31-21-15-18(28-24(33)36-4)10-11-19(21)22-16-32(23(20)29-22)17-37-13-14-40(5,6)7/h10-11,15-16,20H,8-9,12-14,17H2,1-7H3,(H,28,33)(H,30,35)(H,31,34)/t20-/m0/s1. The largest absolute Gasteiger partial charge is 0.453 e. The molecule has 1 atom stereocenters. The van der Waals surface area contributed by atoms with Crippen LogP contribution in [0.1, 0.15) is 45.5 Å². The Morgan fingerprint density at radius 1 is 1.23 bits per heavy atom. The van der Waals surface area contributed by atoms with Crippen molar-refractivity contribution in [2.24, 2.45) is 0 Å². The lowest BCUT2D eigenvalue weighted by molar-refractivity contribution is 0.0484. The SMILES string of the molecule is COC(=O)Nc1ccc2c(c1)NC(=O)OCCC[C@H](NC(=O)OC(C)(C)C)c1nc-2cn1COCC[Si](C)(C)C. The second kappa shape index (κ2) is 13.2. The van der Waals surface area contributed by atoms with Gasteiger partial charge in [-0.25, -0.2) is 19.4 Å². The third-order valence-electron chi connectivity index (χ3n) is 5.87. The molecular formula is C27H41N5O7Si. The Morgan fingerprint density at radius 3 is 2.65 bits per heavy atom. The molecule has 220 valence electrons. The van der Waals surface area contributed by atoms with Crippen LogP contribution in [0.25, 0.3) is 11.3 Å². The summed E-state index contributed by atoms with van der Waals surface area (Å²) in [5, 5.41) is 8.28. The van der Waals surface area contributed by atoms with Crippen LogP contribution in [0.15, 0.2) is 24.4 Å². The van der Waals surface area contributed by atoms with Crippen molar-refractivity contribution in [1.29, 1.82) is 0 Å². The molecular weight excluding hydrogens is 534 g/mol. The molecule has 13 heteroatoms. The van der Waals surface area contributed by atoms with Crippen LogP contribution in [0.2, 0.25) is 25.7 Å². The number of anilines is 2. The number of carbonyl (C=O) groups is 3. The van der Waals surface area contributed by atoms with Gasteiger partial charge in [-0.2, -0.15) is 0 Å². The second-order valence-corrected chi connectivity index (χ2v) is 17.4. The molecule has 0 fully saturated rings. The molecule has 0 spiro atoms. The Morgan fingerprint density at radius 2 is 1.98 bits per heavy atom. The molecule has 3 rings (SSSR count). The van der Waals surface area contributed by atoms with E-state index >= 15 is 0 Å². The van der Waals surface area contributed by atoms with Crippen LogP contribution in [-0.4, -0.2) is 61.8 Å². The van der Waals surface area contributed by atoms with Crippen molar-refractivity contribution in [3.63, 3.8) is 0 Å². The number of benzene rings is 1. The number of rotatable bonds is 7. The summed E-state index contributed by atoms with van der Waals surface area (Å²) in [6.45, 7) is 13.2. The summed E-state index contributed by atoms with van der Waals surface area (Å²) in [7, 11) is -0.0247. The van der Waals surface area contributed by atoms with E-state index in [4.69, 9.17) is 19.2 Å². The number of ether oxygens (including phenoxy) is 4. The highest BCUT2D eigenvalue weighted by Gasteiger charge is 2.26. The molecule has 40 heavy (non-hydrogen) atoms. The van der Waals surface area contributed by atoms with Crippen molar-refractivity contribution in [2.45, 2.75) is 77.7 Å². The Balaban J connectivity index is 2.03. The van der Waals surface area contributed by atoms with Crippen LogP contribution in [0.5, 0.6) is 0 Å². The summed E-state index contributed by atoms with van der Waals surface area (Å²) >= 11 is 0. The number of imidazole rings is 1. The van der Waals surface area contributed by atoms with E-state index in [1.807, 2.05) is 10.8 Å². The number of fused-ring (bicyclic) bond motifs is 4. The highest BCUT2D eigenvalue weighted by atomic mass is 28.3. The van der Waals surface area contributed by atoms with Crippen LogP contribution < -0.4 is 16.0 Å². The van der Waals surface area contributed by atoms with E-state index < -0.39 is 38.0 Å². The van der Waals surface area contributed by atoms with Crippen molar-refractivity contribution < 1.29 is 33.3 Å². The van der Waals surface area contributed by atoms with E-state index in [1.165, 1.54) is 7.11 Å². The van der Waals surface area contributed by atoms with Gasteiger partial charge in [0.05, 0.1) is 31.1 Å². The zero-order valence-electron chi connectivity index (χ0n) is 24.4. The topological polar surface area (TPSA) is 142 Å². The molecule has 1 aliphatic heterocycles. The van der Waals surface area contributed by atoms with Gasteiger partial charge in [-0.1, -0.05) is 19.6 Å². The average molecular weight is 576 g/mol. The van der Waals surface area contributed by atoms with Gasteiger partial charge in [0.2, 0.25) is 0 Å². The minimum Gasteiger partial charge on any atom is -0.453 e. The zero-order valence-corrected chi connectivity index (χ0v) is 25.4. The van der Waals surface area contributed by atoms with Gasteiger partial charge >= 0.3 is 18.3 Å². The predicted molar refractivity (Wildman–Crippen MR) is 154 cm³/mol. The van der Waals surface area contributed by atoms with Gasteiger partial charge in [0, 0.05) is 32.1 Å². The summed E-state index contributed by atoms with van der Waals surface area (Å²) in [5.41, 5.74) is 1.25. The monoisotopic (exact) mass is 575 g/mol.